The second-order valence-corrected chi connectivity index (χ2v) is 9.55. The van der Waals surface area contributed by atoms with E-state index in [4.69, 9.17) is 4.98 Å². The second kappa shape index (κ2) is 9.55. The molecule has 6 rings (SSSR count). The standard InChI is InChI=1S/C30H29N5O/c1-21-8-12-25(13-9-21)35-29-27(20-32-35)26(30(36)31-14-17-34-15-4-5-16-34)19-28(33-29)24-11-10-22-6-2-3-7-23(22)18-24/h2-3,6-13,18-20H,4-5,14-17H2,1H3,(H,31,36). The van der Waals surface area contributed by atoms with E-state index < -0.39 is 0 Å². The summed E-state index contributed by atoms with van der Waals surface area (Å²) in [6, 6.07) is 24.6. The maximum atomic E-state index is 13.4. The Labute approximate surface area is 210 Å². The van der Waals surface area contributed by atoms with Crippen LogP contribution in [-0.4, -0.2) is 51.8 Å². The van der Waals surface area contributed by atoms with Gasteiger partial charge in [-0.15, -0.1) is 0 Å². The predicted octanol–water partition coefficient (Wildman–Crippen LogP) is 5.37. The summed E-state index contributed by atoms with van der Waals surface area (Å²) in [4.78, 5) is 20.8. The molecular weight excluding hydrogens is 446 g/mol. The van der Waals surface area contributed by atoms with Gasteiger partial charge in [-0.05, 0) is 67.9 Å². The number of rotatable bonds is 6. The first-order valence-electron chi connectivity index (χ1n) is 12.6. The van der Waals surface area contributed by atoms with E-state index in [1.54, 1.807) is 6.20 Å². The summed E-state index contributed by atoms with van der Waals surface area (Å²) in [6.45, 7) is 5.79. The van der Waals surface area contributed by atoms with Crippen LogP contribution in [0.5, 0.6) is 0 Å². The maximum Gasteiger partial charge on any atom is 0.252 e. The molecule has 3 aromatic carbocycles. The monoisotopic (exact) mass is 475 g/mol. The largest absolute Gasteiger partial charge is 0.351 e. The number of amides is 1. The van der Waals surface area contributed by atoms with Crippen molar-refractivity contribution in [3.8, 4) is 16.9 Å². The number of nitrogens with zero attached hydrogens (tertiary/aromatic N) is 4. The van der Waals surface area contributed by atoms with Crippen molar-refractivity contribution in [3.05, 3.63) is 90.1 Å². The quantitative estimate of drug-likeness (QED) is 0.358. The fourth-order valence-corrected chi connectivity index (χ4v) is 4.99. The van der Waals surface area contributed by atoms with Crippen LogP contribution in [-0.2, 0) is 0 Å². The molecule has 1 aliphatic rings. The summed E-state index contributed by atoms with van der Waals surface area (Å²) >= 11 is 0. The van der Waals surface area contributed by atoms with Crippen molar-refractivity contribution in [1.29, 1.82) is 0 Å². The molecule has 0 spiro atoms. The van der Waals surface area contributed by atoms with E-state index in [2.05, 4.69) is 64.7 Å². The minimum atomic E-state index is -0.0907. The summed E-state index contributed by atoms with van der Waals surface area (Å²) < 4.78 is 1.82. The summed E-state index contributed by atoms with van der Waals surface area (Å²) in [7, 11) is 0. The minimum absolute atomic E-state index is 0.0907. The Bertz CT molecular complexity index is 1550. The van der Waals surface area contributed by atoms with Gasteiger partial charge in [0.2, 0.25) is 0 Å². The number of carbonyl (C=O) groups excluding carboxylic acids is 1. The van der Waals surface area contributed by atoms with Crippen molar-refractivity contribution in [2.75, 3.05) is 26.2 Å². The lowest BCUT2D eigenvalue weighted by Gasteiger charge is -2.15. The third kappa shape index (κ3) is 4.36. The van der Waals surface area contributed by atoms with Crippen molar-refractivity contribution in [3.63, 3.8) is 0 Å². The first-order valence-corrected chi connectivity index (χ1v) is 12.6. The molecular formula is C30H29N5O. The highest BCUT2D eigenvalue weighted by Gasteiger charge is 2.19. The lowest BCUT2D eigenvalue weighted by atomic mass is 10.0. The number of aryl methyl sites for hydroxylation is 1. The van der Waals surface area contributed by atoms with E-state index in [1.807, 2.05) is 35.0 Å². The highest BCUT2D eigenvalue weighted by molar-refractivity contribution is 6.07. The average molecular weight is 476 g/mol. The van der Waals surface area contributed by atoms with E-state index in [1.165, 1.54) is 23.8 Å². The van der Waals surface area contributed by atoms with Gasteiger partial charge in [0.05, 0.1) is 28.5 Å². The Morgan fingerprint density at radius 1 is 0.944 bits per heavy atom. The summed E-state index contributed by atoms with van der Waals surface area (Å²) in [6.07, 6.45) is 4.24. The van der Waals surface area contributed by atoms with Gasteiger partial charge < -0.3 is 10.2 Å². The second-order valence-electron chi connectivity index (χ2n) is 9.55. The number of carbonyl (C=O) groups is 1. The van der Waals surface area contributed by atoms with E-state index in [0.29, 0.717) is 17.8 Å². The Kier molecular flexibility index (Phi) is 5.95. The highest BCUT2D eigenvalue weighted by atomic mass is 16.1. The minimum Gasteiger partial charge on any atom is -0.351 e. The molecule has 6 nitrogen and oxygen atoms in total. The van der Waals surface area contributed by atoms with Crippen molar-refractivity contribution in [1.82, 2.24) is 25.0 Å². The lowest BCUT2D eigenvalue weighted by molar-refractivity contribution is 0.0951. The molecule has 1 aliphatic heterocycles. The zero-order valence-electron chi connectivity index (χ0n) is 20.4. The molecule has 0 unspecified atom stereocenters. The predicted molar refractivity (Wildman–Crippen MR) is 145 cm³/mol. The molecule has 1 fully saturated rings. The van der Waals surface area contributed by atoms with Crippen LogP contribution in [0.1, 0.15) is 28.8 Å². The molecule has 2 aromatic heterocycles. The first kappa shape index (κ1) is 22.4. The third-order valence-corrected chi connectivity index (χ3v) is 7.02. The molecule has 1 amide bonds. The Morgan fingerprint density at radius 3 is 2.53 bits per heavy atom. The number of hydrogen-bond donors (Lipinski definition) is 1. The van der Waals surface area contributed by atoms with Crippen LogP contribution in [0.4, 0.5) is 0 Å². The van der Waals surface area contributed by atoms with E-state index in [0.717, 1.165) is 47.4 Å². The van der Waals surface area contributed by atoms with Crippen LogP contribution in [0, 0.1) is 6.92 Å². The van der Waals surface area contributed by atoms with Gasteiger partial charge in [0.25, 0.3) is 5.91 Å². The van der Waals surface area contributed by atoms with E-state index in [9.17, 15) is 4.79 Å². The van der Waals surface area contributed by atoms with Gasteiger partial charge in [-0.2, -0.15) is 5.10 Å². The molecule has 0 atom stereocenters. The van der Waals surface area contributed by atoms with Crippen LogP contribution < -0.4 is 5.32 Å². The summed E-state index contributed by atoms with van der Waals surface area (Å²) in [5, 5.41) is 10.8. The maximum absolute atomic E-state index is 13.4. The molecule has 180 valence electrons. The van der Waals surface area contributed by atoms with Crippen molar-refractivity contribution < 1.29 is 4.79 Å². The van der Waals surface area contributed by atoms with Crippen LogP contribution in [0.15, 0.2) is 79.0 Å². The van der Waals surface area contributed by atoms with Crippen LogP contribution >= 0.6 is 0 Å². The molecule has 1 saturated heterocycles. The Morgan fingerprint density at radius 2 is 1.72 bits per heavy atom. The zero-order chi connectivity index (χ0) is 24.5. The average Bonchev–Trinajstić information content (AvgIpc) is 3.58. The number of hydrogen-bond acceptors (Lipinski definition) is 4. The molecule has 3 heterocycles. The van der Waals surface area contributed by atoms with Gasteiger partial charge in [-0.25, -0.2) is 9.67 Å². The van der Waals surface area contributed by atoms with Crippen molar-refractivity contribution in [2.24, 2.45) is 0 Å². The van der Waals surface area contributed by atoms with Gasteiger partial charge in [-0.3, -0.25) is 4.79 Å². The molecule has 0 bridgehead atoms. The molecule has 0 aliphatic carbocycles. The topological polar surface area (TPSA) is 63.1 Å². The molecule has 5 aromatic rings. The van der Waals surface area contributed by atoms with Crippen LogP contribution in [0.3, 0.4) is 0 Å². The van der Waals surface area contributed by atoms with Crippen LogP contribution in [0.2, 0.25) is 0 Å². The lowest BCUT2D eigenvalue weighted by Crippen LogP contribution is -2.33. The number of pyridine rings is 1. The number of nitrogens with one attached hydrogen (secondary N) is 1. The summed E-state index contributed by atoms with van der Waals surface area (Å²) in [5.74, 6) is -0.0907. The van der Waals surface area contributed by atoms with E-state index in [-0.39, 0.29) is 5.91 Å². The van der Waals surface area contributed by atoms with E-state index >= 15 is 0 Å². The molecule has 1 N–H and O–H groups in total. The van der Waals surface area contributed by atoms with Crippen molar-refractivity contribution >= 4 is 27.7 Å². The molecule has 0 radical (unpaired) electrons. The van der Waals surface area contributed by atoms with Gasteiger partial charge >= 0.3 is 0 Å². The normalized spacial score (nSPS) is 14.0. The number of fused-ring (bicyclic) bond motifs is 2. The van der Waals surface area contributed by atoms with Crippen molar-refractivity contribution in [2.45, 2.75) is 19.8 Å². The third-order valence-electron chi connectivity index (χ3n) is 7.02. The first-order chi connectivity index (χ1) is 17.7. The zero-order valence-corrected chi connectivity index (χ0v) is 20.4. The SMILES string of the molecule is Cc1ccc(-n2ncc3c(C(=O)NCCN4CCCC4)cc(-c4ccc5ccccc5c4)nc32)cc1. The fourth-order valence-electron chi connectivity index (χ4n) is 4.99. The highest BCUT2D eigenvalue weighted by Crippen LogP contribution is 2.29. The molecule has 6 heteroatoms. The Hall–Kier alpha value is -4.03. The van der Waals surface area contributed by atoms with Gasteiger partial charge in [0.15, 0.2) is 5.65 Å². The smallest absolute Gasteiger partial charge is 0.252 e. The van der Waals surface area contributed by atoms with Gasteiger partial charge in [-0.1, -0.05) is 54.1 Å². The number of benzene rings is 3. The van der Waals surface area contributed by atoms with Gasteiger partial charge in [0.1, 0.15) is 0 Å². The van der Waals surface area contributed by atoms with Gasteiger partial charge in [0, 0.05) is 18.7 Å². The Balaban J connectivity index is 1.42. The fraction of sp³-hybridized carbons (Fsp3) is 0.233. The summed E-state index contributed by atoms with van der Waals surface area (Å²) in [5.41, 5.74) is 5.10. The molecule has 0 saturated carbocycles. The number of likely N-dealkylation sites (tertiary alicyclic amines) is 1. The molecule has 36 heavy (non-hydrogen) atoms. The van der Waals surface area contributed by atoms with Crippen LogP contribution in [0.25, 0.3) is 38.8 Å². The number of aromatic nitrogens is 3.